The van der Waals surface area contributed by atoms with Gasteiger partial charge in [-0.05, 0) is 31.8 Å². The average Bonchev–Trinajstić information content (AvgIpc) is 2.87. The van der Waals surface area contributed by atoms with Crippen LogP contribution in [0.3, 0.4) is 0 Å². The van der Waals surface area contributed by atoms with Crippen LogP contribution in [-0.4, -0.2) is 27.9 Å². The van der Waals surface area contributed by atoms with Gasteiger partial charge in [0, 0.05) is 13.0 Å². The third-order valence-corrected chi connectivity index (χ3v) is 3.08. The third-order valence-electron chi connectivity index (χ3n) is 3.08. The molecule has 0 aromatic carbocycles. The summed E-state index contributed by atoms with van der Waals surface area (Å²) in [4.78, 5) is 0. The van der Waals surface area contributed by atoms with Crippen molar-refractivity contribution in [2.45, 2.75) is 39.2 Å². The number of rotatable bonds is 5. The van der Waals surface area contributed by atoms with Crippen LogP contribution in [0.5, 0.6) is 0 Å². The van der Waals surface area contributed by atoms with Crippen molar-refractivity contribution in [3.8, 4) is 0 Å². The number of hydrogen-bond acceptors (Lipinski definition) is 3. The van der Waals surface area contributed by atoms with E-state index in [4.69, 9.17) is 0 Å². The van der Waals surface area contributed by atoms with E-state index in [1.165, 1.54) is 19.3 Å². The molecule has 15 heavy (non-hydrogen) atoms. The molecule has 0 amide bonds. The molecule has 0 saturated carbocycles. The molecular weight excluding hydrogens is 188 g/mol. The minimum Gasteiger partial charge on any atom is -0.318 e. The van der Waals surface area contributed by atoms with E-state index in [1.807, 2.05) is 6.33 Å². The van der Waals surface area contributed by atoms with Crippen molar-refractivity contribution in [1.82, 2.24) is 20.1 Å². The van der Waals surface area contributed by atoms with Crippen LogP contribution in [0.4, 0.5) is 0 Å². The molecule has 2 rings (SSSR count). The highest BCUT2D eigenvalue weighted by Crippen LogP contribution is 2.13. The first kappa shape index (κ1) is 10.6. The van der Waals surface area contributed by atoms with Crippen molar-refractivity contribution in [3.63, 3.8) is 0 Å². The third kappa shape index (κ3) is 2.78. The summed E-state index contributed by atoms with van der Waals surface area (Å²) in [5.74, 6) is 1.92. The summed E-state index contributed by atoms with van der Waals surface area (Å²) in [5, 5.41) is 11.6. The van der Waals surface area contributed by atoms with Crippen LogP contribution in [-0.2, 0) is 13.0 Å². The van der Waals surface area contributed by atoms with Gasteiger partial charge in [-0.15, -0.1) is 10.2 Å². The van der Waals surface area contributed by atoms with E-state index in [-0.39, 0.29) is 0 Å². The first-order valence-electron chi connectivity index (χ1n) is 5.97. The second-order valence-corrected chi connectivity index (χ2v) is 4.36. The summed E-state index contributed by atoms with van der Waals surface area (Å²) < 4.78 is 2.21. The highest BCUT2D eigenvalue weighted by Gasteiger charge is 2.17. The van der Waals surface area contributed by atoms with Gasteiger partial charge in [0.25, 0.3) is 0 Å². The Labute approximate surface area is 91.1 Å². The number of aryl methyl sites for hydroxylation is 1. The van der Waals surface area contributed by atoms with Gasteiger partial charge in [0.1, 0.15) is 12.2 Å². The molecule has 0 spiro atoms. The summed E-state index contributed by atoms with van der Waals surface area (Å²) in [5.41, 5.74) is 0. The zero-order valence-electron chi connectivity index (χ0n) is 9.45. The molecule has 4 nitrogen and oxygen atoms in total. The first-order valence-corrected chi connectivity index (χ1v) is 5.97. The predicted molar refractivity (Wildman–Crippen MR) is 59.6 cm³/mol. The standard InChI is InChI=1S/C11H20N4/c1-2-3-6-15-9-13-14-11(15)7-10-4-5-12-8-10/h9-10,12H,2-8H2,1H3. The number of unbranched alkanes of at least 4 members (excludes halogenated alkanes) is 1. The van der Waals surface area contributed by atoms with Crippen molar-refractivity contribution < 1.29 is 0 Å². The van der Waals surface area contributed by atoms with E-state index >= 15 is 0 Å². The van der Waals surface area contributed by atoms with Crippen molar-refractivity contribution >= 4 is 0 Å². The Morgan fingerprint density at radius 3 is 3.27 bits per heavy atom. The molecule has 1 saturated heterocycles. The number of nitrogens with zero attached hydrogens (tertiary/aromatic N) is 3. The van der Waals surface area contributed by atoms with Gasteiger partial charge in [0.2, 0.25) is 0 Å². The quantitative estimate of drug-likeness (QED) is 0.791. The van der Waals surface area contributed by atoms with Crippen LogP contribution in [0, 0.1) is 5.92 Å². The molecule has 4 heteroatoms. The van der Waals surface area contributed by atoms with Gasteiger partial charge < -0.3 is 9.88 Å². The maximum absolute atomic E-state index is 4.22. The summed E-state index contributed by atoms with van der Waals surface area (Å²) in [6.07, 6.45) is 6.67. The van der Waals surface area contributed by atoms with Crippen LogP contribution in [0.2, 0.25) is 0 Å². The van der Waals surface area contributed by atoms with Gasteiger partial charge in [-0.2, -0.15) is 0 Å². The average molecular weight is 208 g/mol. The normalized spacial score (nSPS) is 21.0. The van der Waals surface area contributed by atoms with E-state index in [1.54, 1.807) is 0 Å². The lowest BCUT2D eigenvalue weighted by Crippen LogP contribution is -2.13. The lowest BCUT2D eigenvalue weighted by Gasteiger charge is -2.09. The van der Waals surface area contributed by atoms with Crippen LogP contribution < -0.4 is 5.32 Å². The van der Waals surface area contributed by atoms with E-state index in [0.717, 1.165) is 37.8 Å². The highest BCUT2D eigenvalue weighted by atomic mass is 15.3. The van der Waals surface area contributed by atoms with Gasteiger partial charge in [-0.25, -0.2) is 0 Å². The Morgan fingerprint density at radius 2 is 2.53 bits per heavy atom. The summed E-state index contributed by atoms with van der Waals surface area (Å²) in [6, 6.07) is 0. The maximum atomic E-state index is 4.22. The molecule has 1 aromatic rings. The van der Waals surface area contributed by atoms with E-state index in [9.17, 15) is 0 Å². The molecule has 1 unspecified atom stereocenters. The fourth-order valence-electron chi connectivity index (χ4n) is 2.10. The molecule has 1 aromatic heterocycles. The molecule has 1 atom stereocenters. The number of aromatic nitrogens is 3. The maximum Gasteiger partial charge on any atom is 0.133 e. The molecule has 1 aliphatic rings. The van der Waals surface area contributed by atoms with Crippen molar-refractivity contribution in [2.75, 3.05) is 13.1 Å². The van der Waals surface area contributed by atoms with Crippen molar-refractivity contribution in [1.29, 1.82) is 0 Å². The van der Waals surface area contributed by atoms with Crippen LogP contribution in [0.15, 0.2) is 6.33 Å². The SMILES string of the molecule is CCCCn1cnnc1CC1CCNC1. The molecule has 1 aliphatic heterocycles. The van der Waals surface area contributed by atoms with Crippen molar-refractivity contribution in [3.05, 3.63) is 12.2 Å². The van der Waals surface area contributed by atoms with Gasteiger partial charge >= 0.3 is 0 Å². The Hall–Kier alpha value is -0.900. The topological polar surface area (TPSA) is 42.7 Å². The van der Waals surface area contributed by atoms with Gasteiger partial charge in [-0.3, -0.25) is 0 Å². The lowest BCUT2D eigenvalue weighted by atomic mass is 10.0. The number of hydrogen-bond donors (Lipinski definition) is 1. The highest BCUT2D eigenvalue weighted by molar-refractivity contribution is 4.90. The molecule has 0 radical (unpaired) electrons. The molecule has 1 fully saturated rings. The van der Waals surface area contributed by atoms with Crippen molar-refractivity contribution in [2.24, 2.45) is 5.92 Å². The zero-order chi connectivity index (χ0) is 10.5. The van der Waals surface area contributed by atoms with Gasteiger partial charge in [0.05, 0.1) is 0 Å². The molecule has 2 heterocycles. The summed E-state index contributed by atoms with van der Waals surface area (Å²) >= 11 is 0. The Kier molecular flexibility index (Phi) is 3.72. The van der Waals surface area contributed by atoms with Crippen LogP contribution >= 0.6 is 0 Å². The fourth-order valence-corrected chi connectivity index (χ4v) is 2.10. The van der Waals surface area contributed by atoms with Gasteiger partial charge in [0.15, 0.2) is 0 Å². The second kappa shape index (κ2) is 5.26. The molecule has 1 N–H and O–H groups in total. The molecule has 84 valence electrons. The Morgan fingerprint density at radius 1 is 1.60 bits per heavy atom. The van der Waals surface area contributed by atoms with Crippen LogP contribution in [0.1, 0.15) is 32.0 Å². The summed E-state index contributed by atoms with van der Waals surface area (Å²) in [7, 11) is 0. The molecule has 0 bridgehead atoms. The van der Waals surface area contributed by atoms with E-state index in [0.29, 0.717) is 0 Å². The predicted octanol–water partition coefficient (Wildman–Crippen LogP) is 1.23. The number of nitrogens with one attached hydrogen (secondary N) is 1. The summed E-state index contributed by atoms with van der Waals surface area (Å²) in [6.45, 7) is 5.58. The first-order chi connectivity index (χ1) is 7.40. The zero-order valence-corrected chi connectivity index (χ0v) is 9.45. The van der Waals surface area contributed by atoms with E-state index < -0.39 is 0 Å². The minimum atomic E-state index is 0.759. The molecule has 0 aliphatic carbocycles. The Bertz CT molecular complexity index is 289. The van der Waals surface area contributed by atoms with Gasteiger partial charge in [-0.1, -0.05) is 13.3 Å². The molecular formula is C11H20N4. The Balaban J connectivity index is 1.91. The lowest BCUT2D eigenvalue weighted by molar-refractivity contribution is 0.523. The van der Waals surface area contributed by atoms with Crippen LogP contribution in [0.25, 0.3) is 0 Å². The largest absolute Gasteiger partial charge is 0.318 e. The monoisotopic (exact) mass is 208 g/mol. The van der Waals surface area contributed by atoms with E-state index in [2.05, 4.69) is 27.0 Å². The second-order valence-electron chi connectivity index (χ2n) is 4.36. The smallest absolute Gasteiger partial charge is 0.133 e. The minimum absolute atomic E-state index is 0.759. The fraction of sp³-hybridized carbons (Fsp3) is 0.818.